The minimum atomic E-state index is -1.20. The lowest BCUT2D eigenvalue weighted by molar-refractivity contribution is -0.143. The van der Waals surface area contributed by atoms with Crippen molar-refractivity contribution in [3.63, 3.8) is 0 Å². The SMILES string of the molecule is CCOc1cc([C@@H]2NC(=O)NC(C)=C2C(=O)OC)ccc1OC[C@@H](O)N/N=C\c1cc(OC)c(OCC(=O)OC)cc1Br. The number of urea groups is 1. The zero-order chi connectivity index (χ0) is 31.5. The van der Waals surface area contributed by atoms with E-state index in [-0.39, 0.29) is 18.8 Å². The number of hydrazone groups is 1. The largest absolute Gasteiger partial charge is 0.493 e. The van der Waals surface area contributed by atoms with E-state index in [1.54, 1.807) is 44.2 Å². The molecule has 0 bridgehead atoms. The summed E-state index contributed by atoms with van der Waals surface area (Å²) in [5.41, 5.74) is 4.36. The molecule has 232 valence electrons. The molecule has 43 heavy (non-hydrogen) atoms. The molecule has 0 spiro atoms. The van der Waals surface area contributed by atoms with Crippen LogP contribution in [0.25, 0.3) is 0 Å². The zero-order valence-corrected chi connectivity index (χ0v) is 25.8. The summed E-state index contributed by atoms with van der Waals surface area (Å²) in [6.45, 7) is 3.24. The molecule has 15 heteroatoms. The highest BCUT2D eigenvalue weighted by Crippen LogP contribution is 2.35. The maximum atomic E-state index is 12.4. The van der Waals surface area contributed by atoms with Gasteiger partial charge in [0.1, 0.15) is 6.61 Å². The van der Waals surface area contributed by atoms with Crippen molar-refractivity contribution in [1.82, 2.24) is 16.1 Å². The molecule has 0 saturated heterocycles. The van der Waals surface area contributed by atoms with E-state index >= 15 is 0 Å². The number of amides is 2. The number of aliphatic hydroxyl groups is 1. The van der Waals surface area contributed by atoms with Gasteiger partial charge in [-0.05, 0) is 59.6 Å². The Bertz CT molecular complexity index is 1400. The van der Waals surface area contributed by atoms with Gasteiger partial charge in [0.25, 0.3) is 0 Å². The van der Waals surface area contributed by atoms with Crippen LogP contribution in [-0.2, 0) is 19.1 Å². The van der Waals surface area contributed by atoms with Crippen LogP contribution in [0.4, 0.5) is 4.79 Å². The first-order valence-electron chi connectivity index (χ1n) is 12.9. The summed E-state index contributed by atoms with van der Waals surface area (Å²) >= 11 is 3.42. The molecule has 1 aliphatic rings. The molecular weight excluding hydrogens is 632 g/mol. The van der Waals surface area contributed by atoms with Gasteiger partial charge in [0.05, 0.1) is 45.8 Å². The second-order valence-corrected chi connectivity index (χ2v) is 9.66. The highest BCUT2D eigenvalue weighted by molar-refractivity contribution is 9.10. The van der Waals surface area contributed by atoms with E-state index in [1.165, 1.54) is 27.5 Å². The van der Waals surface area contributed by atoms with Gasteiger partial charge in [-0.25, -0.2) is 14.4 Å². The van der Waals surface area contributed by atoms with Gasteiger partial charge in [-0.3, -0.25) is 5.43 Å². The average molecular weight is 665 g/mol. The van der Waals surface area contributed by atoms with Crippen molar-refractivity contribution in [2.45, 2.75) is 26.1 Å². The van der Waals surface area contributed by atoms with Crippen LogP contribution in [0.15, 0.2) is 51.2 Å². The van der Waals surface area contributed by atoms with Crippen molar-refractivity contribution in [3.8, 4) is 23.0 Å². The van der Waals surface area contributed by atoms with E-state index in [2.05, 4.69) is 41.8 Å². The van der Waals surface area contributed by atoms with Gasteiger partial charge in [-0.2, -0.15) is 5.10 Å². The van der Waals surface area contributed by atoms with E-state index in [0.29, 0.717) is 50.9 Å². The fourth-order valence-corrected chi connectivity index (χ4v) is 4.36. The topological polar surface area (TPSA) is 175 Å². The minimum Gasteiger partial charge on any atom is -0.493 e. The Kier molecular flexibility index (Phi) is 12.0. The minimum absolute atomic E-state index is 0.196. The smallest absolute Gasteiger partial charge is 0.343 e. The van der Waals surface area contributed by atoms with Crippen molar-refractivity contribution in [2.24, 2.45) is 5.10 Å². The number of ether oxygens (including phenoxy) is 6. The van der Waals surface area contributed by atoms with Gasteiger partial charge in [0, 0.05) is 15.7 Å². The van der Waals surface area contributed by atoms with Crippen LogP contribution in [0.2, 0.25) is 0 Å². The van der Waals surface area contributed by atoms with Gasteiger partial charge < -0.3 is 44.2 Å². The summed E-state index contributed by atoms with van der Waals surface area (Å²) in [7, 11) is 3.98. The molecule has 0 aliphatic carbocycles. The zero-order valence-electron chi connectivity index (χ0n) is 24.2. The van der Waals surface area contributed by atoms with Crippen LogP contribution >= 0.6 is 15.9 Å². The van der Waals surface area contributed by atoms with Gasteiger partial charge >= 0.3 is 18.0 Å². The third-order valence-electron chi connectivity index (χ3n) is 5.96. The number of nitrogens with zero attached hydrogens (tertiary/aromatic N) is 1. The Balaban J connectivity index is 1.68. The van der Waals surface area contributed by atoms with Crippen LogP contribution in [0.5, 0.6) is 23.0 Å². The van der Waals surface area contributed by atoms with Crippen molar-refractivity contribution < 1.29 is 47.9 Å². The molecule has 4 N–H and O–H groups in total. The normalized spacial score (nSPS) is 15.2. The highest BCUT2D eigenvalue weighted by atomic mass is 79.9. The summed E-state index contributed by atoms with van der Waals surface area (Å²) < 4.78 is 32.3. The molecule has 3 rings (SSSR count). The number of aliphatic hydroxyl groups excluding tert-OH is 1. The number of benzene rings is 2. The highest BCUT2D eigenvalue weighted by Gasteiger charge is 2.32. The summed E-state index contributed by atoms with van der Waals surface area (Å²) in [5, 5.41) is 19.8. The predicted molar refractivity (Wildman–Crippen MR) is 157 cm³/mol. The molecule has 1 aliphatic heterocycles. The third-order valence-corrected chi connectivity index (χ3v) is 6.64. The Labute approximate surface area is 256 Å². The maximum absolute atomic E-state index is 12.4. The summed E-state index contributed by atoms with van der Waals surface area (Å²) in [5.74, 6) is 0.226. The van der Waals surface area contributed by atoms with Crippen LogP contribution in [0, 0.1) is 0 Å². The number of allylic oxidation sites excluding steroid dienone is 1. The van der Waals surface area contributed by atoms with Gasteiger partial charge in [0.2, 0.25) is 0 Å². The van der Waals surface area contributed by atoms with Crippen molar-refractivity contribution in [2.75, 3.05) is 41.2 Å². The molecule has 0 saturated carbocycles. The molecular formula is C28H33BrN4O10. The Morgan fingerprint density at radius 3 is 2.49 bits per heavy atom. The van der Waals surface area contributed by atoms with E-state index < -0.39 is 30.2 Å². The third kappa shape index (κ3) is 8.75. The molecule has 2 amide bonds. The van der Waals surface area contributed by atoms with E-state index in [4.69, 9.17) is 23.7 Å². The van der Waals surface area contributed by atoms with Gasteiger partial charge in [0.15, 0.2) is 35.8 Å². The molecule has 2 atom stereocenters. The standard InChI is InChI=1S/C28H33BrN4O10/c1-6-41-21-9-16(26-25(27(36)40-5)15(2)31-28(37)32-26)7-8-19(21)42-13-23(34)33-30-12-17-10-20(38-3)22(11-18(17)29)43-14-24(35)39-4/h7-12,23,26,33-34H,6,13-14H2,1-5H3,(H2,31,32,37)/b30-12-/t23-,26+/m1/s1. The molecule has 0 unspecified atom stereocenters. The molecule has 2 aromatic carbocycles. The number of nitrogens with one attached hydrogen (secondary N) is 3. The van der Waals surface area contributed by atoms with Crippen LogP contribution < -0.4 is 35.0 Å². The Hall–Kier alpha value is -4.50. The molecule has 0 fully saturated rings. The lowest BCUT2D eigenvalue weighted by Crippen LogP contribution is -2.45. The number of carbonyl (C=O) groups excluding carboxylic acids is 3. The van der Waals surface area contributed by atoms with Crippen LogP contribution in [0.3, 0.4) is 0 Å². The monoisotopic (exact) mass is 664 g/mol. The fraction of sp³-hybridized carbons (Fsp3) is 0.357. The van der Waals surface area contributed by atoms with Gasteiger partial charge in [-0.15, -0.1) is 0 Å². The molecule has 1 heterocycles. The van der Waals surface area contributed by atoms with E-state index in [0.717, 1.165) is 0 Å². The lowest BCUT2D eigenvalue weighted by Gasteiger charge is -2.28. The number of carbonyl (C=O) groups is 3. The summed E-state index contributed by atoms with van der Waals surface area (Å²) in [4.78, 5) is 35.9. The predicted octanol–water partition coefficient (Wildman–Crippen LogP) is 2.53. The summed E-state index contributed by atoms with van der Waals surface area (Å²) in [6.07, 6.45) is 0.246. The number of hydrogen-bond acceptors (Lipinski definition) is 12. The number of esters is 2. The van der Waals surface area contributed by atoms with Crippen molar-refractivity contribution in [1.29, 1.82) is 0 Å². The molecule has 2 aromatic rings. The van der Waals surface area contributed by atoms with Gasteiger partial charge in [-0.1, -0.05) is 6.07 Å². The lowest BCUT2D eigenvalue weighted by atomic mass is 9.95. The second-order valence-electron chi connectivity index (χ2n) is 8.80. The Morgan fingerprint density at radius 1 is 1.07 bits per heavy atom. The second kappa shape index (κ2) is 15.7. The fourth-order valence-electron chi connectivity index (χ4n) is 3.93. The maximum Gasteiger partial charge on any atom is 0.343 e. The number of methoxy groups -OCH3 is 3. The average Bonchev–Trinajstić information content (AvgIpc) is 2.99. The van der Waals surface area contributed by atoms with Crippen molar-refractivity contribution in [3.05, 3.63) is 57.2 Å². The van der Waals surface area contributed by atoms with Crippen LogP contribution in [0.1, 0.15) is 31.0 Å². The molecule has 14 nitrogen and oxygen atoms in total. The first kappa shape index (κ1) is 33.0. The summed E-state index contributed by atoms with van der Waals surface area (Å²) in [6, 6.07) is 6.94. The first-order chi connectivity index (χ1) is 20.6. The number of rotatable bonds is 14. The van der Waals surface area contributed by atoms with Crippen molar-refractivity contribution >= 4 is 40.1 Å². The molecule has 0 aromatic heterocycles. The van der Waals surface area contributed by atoms with E-state index in [1.807, 2.05) is 0 Å². The quantitative estimate of drug-likeness (QED) is 0.101. The Morgan fingerprint density at radius 2 is 1.81 bits per heavy atom. The first-order valence-corrected chi connectivity index (χ1v) is 13.7. The molecule has 0 radical (unpaired) electrons. The number of hydrogen-bond donors (Lipinski definition) is 4. The van der Waals surface area contributed by atoms with Crippen LogP contribution in [-0.4, -0.2) is 76.7 Å². The van der Waals surface area contributed by atoms with E-state index in [9.17, 15) is 19.5 Å². The number of halogens is 1.